The second-order valence-electron chi connectivity index (χ2n) is 3.51. The maximum absolute atomic E-state index is 12.9. The Kier molecular flexibility index (Phi) is 3.62. The van der Waals surface area contributed by atoms with Crippen LogP contribution in [0.5, 0.6) is 0 Å². The largest absolute Gasteiger partial charge is 0.296 e. The minimum atomic E-state index is -0.320. The van der Waals surface area contributed by atoms with E-state index in [4.69, 9.17) is 0 Å². The molecule has 0 amide bonds. The molecule has 0 unspecified atom stereocenters. The van der Waals surface area contributed by atoms with Crippen LogP contribution in [0.4, 0.5) is 4.39 Å². The lowest BCUT2D eigenvalue weighted by Crippen LogP contribution is -1.95. The van der Waals surface area contributed by atoms with Gasteiger partial charge in [-0.05, 0) is 30.5 Å². The Labute approximate surface area is 108 Å². The highest BCUT2D eigenvalue weighted by Gasteiger charge is 2.15. The topological polar surface area (TPSA) is 34.9 Å². The molecule has 0 radical (unpaired) electrons. The lowest BCUT2D eigenvalue weighted by molar-refractivity contribution is 0.111. The fraction of sp³-hybridized carbons (Fsp3) is 0.0769. The van der Waals surface area contributed by atoms with Gasteiger partial charge in [-0.15, -0.1) is 0 Å². The molecule has 92 valence electrons. The van der Waals surface area contributed by atoms with Gasteiger partial charge in [0.05, 0.1) is 0 Å². The summed E-state index contributed by atoms with van der Waals surface area (Å²) >= 11 is 1.42. The fourth-order valence-corrected chi connectivity index (χ4v) is 2.23. The number of aldehydes is 1. The van der Waals surface area contributed by atoms with E-state index in [2.05, 4.69) is 11.6 Å². The Hall–Kier alpha value is -1.88. The standard InChI is InChI=1S/C13H11FN2OS/c1-3-16-11(8-17)12(15-13(16)18-2)9-4-6-10(14)7-5-9/h3-8H,1H2,2H3. The molecule has 2 rings (SSSR count). The number of imidazole rings is 1. The lowest BCUT2D eigenvalue weighted by Gasteiger charge is -2.00. The van der Waals surface area contributed by atoms with E-state index in [1.54, 1.807) is 16.7 Å². The molecule has 2 aromatic rings. The van der Waals surface area contributed by atoms with Crippen molar-refractivity contribution in [1.82, 2.24) is 9.55 Å². The molecular formula is C13H11FN2OS. The van der Waals surface area contributed by atoms with Crippen molar-refractivity contribution in [3.63, 3.8) is 0 Å². The highest BCUT2D eigenvalue weighted by Crippen LogP contribution is 2.27. The van der Waals surface area contributed by atoms with Crippen LogP contribution in [0.3, 0.4) is 0 Å². The molecule has 1 heterocycles. The molecule has 1 aromatic carbocycles. The Morgan fingerprint density at radius 1 is 1.39 bits per heavy atom. The highest BCUT2D eigenvalue weighted by atomic mass is 32.2. The van der Waals surface area contributed by atoms with Gasteiger partial charge in [0, 0.05) is 11.8 Å². The first kappa shape index (κ1) is 12.6. The van der Waals surface area contributed by atoms with E-state index in [1.165, 1.54) is 30.1 Å². The van der Waals surface area contributed by atoms with Crippen molar-refractivity contribution in [2.45, 2.75) is 5.16 Å². The van der Waals surface area contributed by atoms with Crippen molar-refractivity contribution >= 4 is 24.2 Å². The summed E-state index contributed by atoms with van der Waals surface area (Å²) in [6, 6.07) is 5.88. The smallest absolute Gasteiger partial charge is 0.173 e. The van der Waals surface area contributed by atoms with E-state index in [1.807, 2.05) is 6.26 Å². The number of aromatic nitrogens is 2. The molecule has 0 aliphatic rings. The summed E-state index contributed by atoms with van der Waals surface area (Å²) in [5, 5.41) is 0.673. The van der Waals surface area contributed by atoms with Gasteiger partial charge >= 0.3 is 0 Å². The van der Waals surface area contributed by atoms with Crippen LogP contribution in [0.15, 0.2) is 36.0 Å². The summed E-state index contributed by atoms with van der Waals surface area (Å²) in [6.45, 7) is 3.66. The third-order valence-electron chi connectivity index (χ3n) is 2.51. The molecule has 0 atom stereocenters. The molecule has 0 aliphatic carbocycles. The maximum atomic E-state index is 12.9. The van der Waals surface area contributed by atoms with Crippen LogP contribution in [0.1, 0.15) is 10.5 Å². The van der Waals surface area contributed by atoms with Gasteiger partial charge in [-0.3, -0.25) is 9.36 Å². The number of rotatable bonds is 4. The minimum Gasteiger partial charge on any atom is -0.296 e. The Morgan fingerprint density at radius 2 is 2.06 bits per heavy atom. The lowest BCUT2D eigenvalue weighted by atomic mass is 10.1. The summed E-state index contributed by atoms with van der Waals surface area (Å²) in [7, 11) is 0. The van der Waals surface area contributed by atoms with E-state index in [9.17, 15) is 9.18 Å². The number of carbonyl (C=O) groups excluding carboxylic acids is 1. The predicted molar refractivity (Wildman–Crippen MR) is 71.2 cm³/mol. The number of hydrogen-bond acceptors (Lipinski definition) is 3. The van der Waals surface area contributed by atoms with Crippen molar-refractivity contribution in [1.29, 1.82) is 0 Å². The Bertz CT molecular complexity index is 590. The van der Waals surface area contributed by atoms with E-state index in [-0.39, 0.29) is 5.82 Å². The Balaban J connectivity index is 2.63. The molecule has 0 aliphatic heterocycles. The van der Waals surface area contributed by atoms with Gasteiger partial charge in [-0.2, -0.15) is 0 Å². The van der Waals surface area contributed by atoms with Crippen molar-refractivity contribution in [2.24, 2.45) is 0 Å². The Morgan fingerprint density at radius 3 is 2.56 bits per heavy atom. The third kappa shape index (κ3) is 2.09. The van der Waals surface area contributed by atoms with Gasteiger partial charge in [-0.25, -0.2) is 9.37 Å². The molecule has 1 aromatic heterocycles. The molecule has 18 heavy (non-hydrogen) atoms. The van der Waals surface area contributed by atoms with Crippen LogP contribution in [0, 0.1) is 5.82 Å². The molecule has 0 saturated heterocycles. The summed E-state index contributed by atoms with van der Waals surface area (Å²) in [6.07, 6.45) is 4.13. The quantitative estimate of drug-likeness (QED) is 0.626. The van der Waals surface area contributed by atoms with Gasteiger partial charge in [0.2, 0.25) is 0 Å². The summed E-state index contributed by atoms with van der Waals surface area (Å²) in [5.74, 6) is -0.320. The molecule has 0 saturated carbocycles. The average molecular weight is 262 g/mol. The van der Waals surface area contributed by atoms with Gasteiger partial charge in [0.15, 0.2) is 11.4 Å². The average Bonchev–Trinajstić information content (AvgIpc) is 2.77. The number of nitrogens with zero attached hydrogens (tertiary/aromatic N) is 2. The monoisotopic (exact) mass is 262 g/mol. The molecule has 5 heteroatoms. The molecule has 0 fully saturated rings. The minimum absolute atomic E-state index is 0.320. The second-order valence-corrected chi connectivity index (χ2v) is 4.28. The summed E-state index contributed by atoms with van der Waals surface area (Å²) < 4.78 is 14.5. The van der Waals surface area contributed by atoms with Crippen molar-refractivity contribution < 1.29 is 9.18 Å². The van der Waals surface area contributed by atoms with Gasteiger partial charge < -0.3 is 0 Å². The first-order chi connectivity index (χ1) is 8.71. The molecule has 0 N–H and O–H groups in total. The van der Waals surface area contributed by atoms with Gasteiger partial charge in [-0.1, -0.05) is 18.3 Å². The second kappa shape index (κ2) is 5.18. The van der Waals surface area contributed by atoms with Crippen molar-refractivity contribution in [3.8, 4) is 11.3 Å². The number of carbonyl (C=O) groups is 1. The zero-order valence-corrected chi connectivity index (χ0v) is 10.6. The van der Waals surface area contributed by atoms with Crippen LogP contribution in [0.2, 0.25) is 0 Å². The van der Waals surface area contributed by atoms with E-state index < -0.39 is 0 Å². The van der Waals surface area contributed by atoms with Crippen LogP contribution in [-0.2, 0) is 0 Å². The van der Waals surface area contributed by atoms with E-state index in [0.29, 0.717) is 22.1 Å². The summed E-state index contributed by atoms with van der Waals surface area (Å²) in [4.78, 5) is 15.6. The molecule has 0 bridgehead atoms. The van der Waals surface area contributed by atoms with Gasteiger partial charge in [0.1, 0.15) is 17.2 Å². The normalized spacial score (nSPS) is 10.3. The fourth-order valence-electron chi connectivity index (χ4n) is 1.68. The third-order valence-corrected chi connectivity index (χ3v) is 3.16. The number of benzene rings is 1. The van der Waals surface area contributed by atoms with Crippen LogP contribution in [-0.4, -0.2) is 22.1 Å². The number of thioether (sulfide) groups is 1. The van der Waals surface area contributed by atoms with Crippen LogP contribution >= 0.6 is 11.8 Å². The maximum Gasteiger partial charge on any atom is 0.173 e. The van der Waals surface area contributed by atoms with Gasteiger partial charge in [0.25, 0.3) is 0 Å². The van der Waals surface area contributed by atoms with E-state index >= 15 is 0 Å². The van der Waals surface area contributed by atoms with Crippen LogP contribution in [0.25, 0.3) is 17.5 Å². The highest BCUT2D eigenvalue weighted by molar-refractivity contribution is 7.98. The van der Waals surface area contributed by atoms with Crippen molar-refractivity contribution in [2.75, 3.05) is 6.26 Å². The van der Waals surface area contributed by atoms with E-state index in [0.717, 1.165) is 6.29 Å². The number of halogens is 1. The van der Waals surface area contributed by atoms with Crippen LogP contribution < -0.4 is 0 Å². The first-order valence-corrected chi connectivity index (χ1v) is 6.43. The molecule has 3 nitrogen and oxygen atoms in total. The zero-order chi connectivity index (χ0) is 13.1. The van der Waals surface area contributed by atoms with Crippen molar-refractivity contribution in [3.05, 3.63) is 42.4 Å². The first-order valence-electron chi connectivity index (χ1n) is 5.21. The zero-order valence-electron chi connectivity index (χ0n) is 9.76. The molecule has 0 spiro atoms. The SMILES string of the molecule is C=Cn1c(SC)nc(-c2ccc(F)cc2)c1C=O. The predicted octanol–water partition coefficient (Wildman–Crippen LogP) is 3.32. The molecular weight excluding hydrogens is 251 g/mol. The summed E-state index contributed by atoms with van der Waals surface area (Å²) in [5.41, 5.74) is 1.66. The number of hydrogen-bond donors (Lipinski definition) is 0.